The zero-order valence-electron chi connectivity index (χ0n) is 9.30. The van der Waals surface area contributed by atoms with Crippen LogP contribution in [0.3, 0.4) is 0 Å². The minimum absolute atomic E-state index is 0.369. The molecule has 0 aliphatic carbocycles. The van der Waals surface area contributed by atoms with Gasteiger partial charge in [-0.15, -0.1) is 0 Å². The molecule has 0 saturated heterocycles. The number of rotatable bonds is 3. The topological polar surface area (TPSA) is 40.5 Å². The second kappa shape index (κ2) is 4.64. The van der Waals surface area contributed by atoms with Gasteiger partial charge in [-0.2, -0.15) is 0 Å². The number of benzene rings is 2. The molecule has 0 radical (unpaired) electrons. The Bertz CT molecular complexity index is 472. The van der Waals surface area contributed by atoms with Gasteiger partial charge in [-0.25, -0.2) is 0 Å². The molecular weight excluding hydrogens is 200 g/mol. The summed E-state index contributed by atoms with van der Waals surface area (Å²) < 4.78 is 0. The van der Waals surface area contributed by atoms with E-state index in [4.69, 9.17) is 0 Å². The molecule has 2 aromatic carbocycles. The molecule has 0 amide bonds. The molecule has 2 heteroatoms. The van der Waals surface area contributed by atoms with E-state index in [1.807, 2.05) is 42.5 Å². The molecule has 0 saturated carbocycles. The maximum atomic E-state index is 10.0. The fourth-order valence-electron chi connectivity index (χ4n) is 1.99. The molecule has 16 heavy (non-hydrogen) atoms. The maximum Gasteiger partial charge on any atom is 0.0820 e. The highest BCUT2D eigenvalue weighted by atomic mass is 16.3. The molecular formula is C14H16O2. The lowest BCUT2D eigenvalue weighted by Gasteiger charge is -2.15. The highest BCUT2D eigenvalue weighted by Gasteiger charge is 2.12. The summed E-state index contributed by atoms with van der Waals surface area (Å²) in [7, 11) is 0. The molecule has 0 aliphatic heterocycles. The van der Waals surface area contributed by atoms with Crippen molar-refractivity contribution in [3.63, 3.8) is 0 Å². The molecule has 2 nitrogen and oxygen atoms in total. The molecule has 2 atom stereocenters. The molecule has 84 valence electrons. The lowest BCUT2D eigenvalue weighted by atomic mass is 9.97. The van der Waals surface area contributed by atoms with Gasteiger partial charge >= 0.3 is 0 Å². The Labute approximate surface area is 95.2 Å². The van der Waals surface area contributed by atoms with Crippen LogP contribution in [0.4, 0.5) is 0 Å². The molecule has 0 heterocycles. The molecule has 0 bridgehead atoms. The van der Waals surface area contributed by atoms with Crippen LogP contribution in [0.25, 0.3) is 10.8 Å². The highest BCUT2D eigenvalue weighted by Crippen LogP contribution is 2.26. The Kier molecular flexibility index (Phi) is 3.22. The van der Waals surface area contributed by atoms with E-state index in [9.17, 15) is 10.2 Å². The van der Waals surface area contributed by atoms with Crippen molar-refractivity contribution in [1.29, 1.82) is 0 Å². The normalized spacial score (nSPS) is 14.9. The van der Waals surface area contributed by atoms with E-state index in [1.165, 1.54) is 0 Å². The van der Waals surface area contributed by atoms with Gasteiger partial charge in [0.15, 0.2) is 0 Å². The molecule has 0 aromatic heterocycles. The fraction of sp³-hybridized carbons (Fsp3) is 0.286. The maximum absolute atomic E-state index is 10.0. The average Bonchev–Trinajstić information content (AvgIpc) is 2.27. The Morgan fingerprint density at radius 2 is 1.69 bits per heavy atom. The summed E-state index contributed by atoms with van der Waals surface area (Å²) in [5, 5.41) is 21.5. The molecule has 2 N–H and O–H groups in total. The zero-order chi connectivity index (χ0) is 11.5. The van der Waals surface area contributed by atoms with E-state index < -0.39 is 12.2 Å². The third kappa shape index (κ3) is 2.23. The monoisotopic (exact) mass is 216 g/mol. The first kappa shape index (κ1) is 11.1. The summed E-state index contributed by atoms with van der Waals surface area (Å²) in [6, 6.07) is 13.8. The number of aliphatic hydroxyl groups excluding tert-OH is 2. The van der Waals surface area contributed by atoms with E-state index in [0.29, 0.717) is 6.42 Å². The van der Waals surface area contributed by atoms with E-state index in [1.54, 1.807) is 6.92 Å². The van der Waals surface area contributed by atoms with Crippen molar-refractivity contribution in [2.75, 3.05) is 0 Å². The lowest BCUT2D eigenvalue weighted by molar-refractivity contribution is 0.0916. The molecule has 2 aromatic rings. The van der Waals surface area contributed by atoms with Crippen LogP contribution < -0.4 is 0 Å². The molecule has 2 rings (SSSR count). The molecule has 0 spiro atoms. The van der Waals surface area contributed by atoms with Crippen molar-refractivity contribution >= 4 is 10.8 Å². The van der Waals surface area contributed by atoms with Crippen molar-refractivity contribution in [1.82, 2.24) is 0 Å². The Morgan fingerprint density at radius 1 is 1.00 bits per heavy atom. The summed E-state index contributed by atoms with van der Waals surface area (Å²) in [6.07, 6.45) is -0.728. The van der Waals surface area contributed by atoms with Crippen LogP contribution in [0.1, 0.15) is 25.0 Å². The number of hydrogen-bond acceptors (Lipinski definition) is 2. The number of aliphatic hydroxyl groups is 2. The third-order valence-corrected chi connectivity index (χ3v) is 2.75. The molecule has 0 unspecified atom stereocenters. The fourth-order valence-corrected chi connectivity index (χ4v) is 1.99. The summed E-state index contributed by atoms with van der Waals surface area (Å²) in [5.41, 5.74) is 0.888. The summed E-state index contributed by atoms with van der Waals surface area (Å²) in [5.74, 6) is 0. The minimum Gasteiger partial charge on any atom is -0.393 e. The highest BCUT2D eigenvalue weighted by molar-refractivity contribution is 5.85. The van der Waals surface area contributed by atoms with Gasteiger partial charge in [-0.05, 0) is 23.3 Å². The van der Waals surface area contributed by atoms with Crippen LogP contribution in [-0.2, 0) is 0 Å². The van der Waals surface area contributed by atoms with Crippen LogP contribution in [0, 0.1) is 0 Å². The second-order valence-electron chi connectivity index (χ2n) is 4.17. The van der Waals surface area contributed by atoms with Crippen molar-refractivity contribution in [2.24, 2.45) is 0 Å². The summed E-state index contributed by atoms with van der Waals surface area (Å²) in [4.78, 5) is 0. The summed E-state index contributed by atoms with van der Waals surface area (Å²) >= 11 is 0. The molecule has 0 fully saturated rings. The second-order valence-corrected chi connectivity index (χ2v) is 4.17. The predicted octanol–water partition coefficient (Wildman–Crippen LogP) is 2.64. The summed E-state index contributed by atoms with van der Waals surface area (Å²) in [6.45, 7) is 1.69. The van der Waals surface area contributed by atoms with Crippen LogP contribution in [-0.4, -0.2) is 16.3 Å². The smallest absolute Gasteiger partial charge is 0.0820 e. The first-order valence-corrected chi connectivity index (χ1v) is 5.52. The Hall–Kier alpha value is -1.38. The van der Waals surface area contributed by atoms with E-state index in [0.717, 1.165) is 16.3 Å². The van der Waals surface area contributed by atoms with Gasteiger partial charge in [-0.3, -0.25) is 0 Å². The third-order valence-electron chi connectivity index (χ3n) is 2.75. The quantitative estimate of drug-likeness (QED) is 0.828. The van der Waals surface area contributed by atoms with Crippen LogP contribution >= 0.6 is 0 Å². The van der Waals surface area contributed by atoms with Gasteiger partial charge in [0, 0.05) is 6.42 Å². The zero-order valence-corrected chi connectivity index (χ0v) is 9.30. The standard InChI is InChI=1S/C14H16O2/c1-10(15)9-14(16)13-8-4-6-11-5-2-3-7-12(11)13/h2-8,10,14-16H,9H2,1H3/t10-,14+/m0/s1. The van der Waals surface area contributed by atoms with Crippen LogP contribution in [0.5, 0.6) is 0 Å². The predicted molar refractivity (Wildman–Crippen MR) is 65.2 cm³/mol. The molecule has 0 aliphatic rings. The van der Waals surface area contributed by atoms with Crippen molar-refractivity contribution in [3.05, 3.63) is 48.0 Å². The van der Waals surface area contributed by atoms with Gasteiger partial charge in [0.05, 0.1) is 12.2 Å². The van der Waals surface area contributed by atoms with Gasteiger partial charge in [0.25, 0.3) is 0 Å². The number of hydrogen-bond donors (Lipinski definition) is 2. The first-order valence-electron chi connectivity index (χ1n) is 5.52. The van der Waals surface area contributed by atoms with E-state index >= 15 is 0 Å². The van der Waals surface area contributed by atoms with Crippen molar-refractivity contribution in [3.8, 4) is 0 Å². The van der Waals surface area contributed by atoms with Gasteiger partial charge in [0.2, 0.25) is 0 Å². The number of fused-ring (bicyclic) bond motifs is 1. The Balaban J connectivity index is 2.44. The van der Waals surface area contributed by atoms with E-state index in [-0.39, 0.29) is 0 Å². The van der Waals surface area contributed by atoms with Gasteiger partial charge in [0.1, 0.15) is 0 Å². The van der Waals surface area contributed by atoms with Gasteiger partial charge < -0.3 is 10.2 Å². The largest absolute Gasteiger partial charge is 0.393 e. The SMILES string of the molecule is C[C@H](O)C[C@@H](O)c1cccc2ccccc12. The lowest BCUT2D eigenvalue weighted by Crippen LogP contribution is -2.08. The van der Waals surface area contributed by atoms with Crippen molar-refractivity contribution < 1.29 is 10.2 Å². The van der Waals surface area contributed by atoms with Gasteiger partial charge in [-0.1, -0.05) is 42.5 Å². The van der Waals surface area contributed by atoms with Crippen molar-refractivity contribution in [2.45, 2.75) is 25.6 Å². The Morgan fingerprint density at radius 3 is 2.44 bits per heavy atom. The van der Waals surface area contributed by atoms with Crippen LogP contribution in [0.2, 0.25) is 0 Å². The van der Waals surface area contributed by atoms with Crippen LogP contribution in [0.15, 0.2) is 42.5 Å². The van der Waals surface area contributed by atoms with E-state index in [2.05, 4.69) is 0 Å². The average molecular weight is 216 g/mol. The first-order chi connectivity index (χ1) is 7.68. The minimum atomic E-state index is -0.605.